The maximum Gasteiger partial charge on any atom is 0.419 e. The van der Waals surface area contributed by atoms with Crippen LogP contribution in [0.15, 0.2) is 91.2 Å². The lowest BCUT2D eigenvalue weighted by Gasteiger charge is -2.29. The van der Waals surface area contributed by atoms with Crippen LogP contribution in [-0.2, 0) is 12.7 Å². The average molecular weight is 523 g/mol. The number of rotatable bonds is 8. The molecule has 2 aromatic heterocycles. The van der Waals surface area contributed by atoms with Crippen molar-refractivity contribution < 1.29 is 27.4 Å². The molecule has 1 aliphatic carbocycles. The van der Waals surface area contributed by atoms with Crippen LogP contribution in [0.3, 0.4) is 0 Å². The van der Waals surface area contributed by atoms with E-state index < -0.39 is 17.8 Å². The predicted octanol–water partition coefficient (Wildman–Crippen LogP) is 6.41. The van der Waals surface area contributed by atoms with E-state index in [1.54, 1.807) is 24.5 Å². The zero-order valence-electron chi connectivity index (χ0n) is 20.3. The van der Waals surface area contributed by atoms with Gasteiger partial charge in [0.15, 0.2) is 0 Å². The second kappa shape index (κ2) is 11.0. The number of halogens is 3. The first-order chi connectivity index (χ1) is 18.3. The number of hydrogen-bond acceptors (Lipinski definition) is 6. The van der Waals surface area contributed by atoms with Gasteiger partial charge in [0.1, 0.15) is 11.5 Å². The van der Waals surface area contributed by atoms with Crippen LogP contribution in [0, 0.1) is 5.92 Å². The number of alkyl halides is 3. The molecule has 7 nitrogen and oxygen atoms in total. The molecule has 0 spiro atoms. The van der Waals surface area contributed by atoms with Crippen molar-refractivity contribution in [2.24, 2.45) is 5.92 Å². The lowest BCUT2D eigenvalue weighted by atomic mass is 10.2. The van der Waals surface area contributed by atoms with Crippen LogP contribution in [0.25, 0.3) is 0 Å². The summed E-state index contributed by atoms with van der Waals surface area (Å²) in [6.07, 6.45) is 7.46. The minimum absolute atomic E-state index is 0.0167. The number of carbonyl (C=O) groups is 1. The summed E-state index contributed by atoms with van der Waals surface area (Å²) in [5.41, 5.74) is 1.33. The van der Waals surface area contributed by atoms with Crippen LogP contribution in [0.1, 0.15) is 24.0 Å². The van der Waals surface area contributed by atoms with Gasteiger partial charge in [0, 0.05) is 56.2 Å². The van der Waals surface area contributed by atoms with Crippen molar-refractivity contribution in [3.8, 4) is 17.4 Å². The molecule has 3 heterocycles. The standard InChI is InChI=1S/C28H25F3N4O3/c29-28(30,31)22-5-10-26(33-17-22)37-24-6-8-25(9-7-24)38-27(36)34-14-11-23(12-15-34)35(18-20-3-4-20)19-21-2-1-13-32-16-21/h1-2,5-14,16-17,20H,3-4,15,18-19H2. The van der Waals surface area contributed by atoms with Crippen LogP contribution in [0.5, 0.6) is 17.4 Å². The van der Waals surface area contributed by atoms with Crippen LogP contribution in [0.4, 0.5) is 18.0 Å². The Bertz CT molecular complexity index is 1310. The van der Waals surface area contributed by atoms with E-state index in [1.807, 2.05) is 24.4 Å². The molecule has 1 aromatic carbocycles. The highest BCUT2D eigenvalue weighted by Gasteiger charge is 2.31. The Morgan fingerprint density at radius 2 is 1.84 bits per heavy atom. The second-order valence-electron chi connectivity index (χ2n) is 9.11. The molecule has 5 rings (SSSR count). The number of nitrogens with zero attached hydrogens (tertiary/aromatic N) is 4. The molecule has 1 saturated carbocycles. The topological polar surface area (TPSA) is 67.8 Å². The smallest absolute Gasteiger partial charge is 0.419 e. The van der Waals surface area contributed by atoms with Crippen molar-refractivity contribution >= 4 is 6.09 Å². The van der Waals surface area contributed by atoms with Gasteiger partial charge < -0.3 is 14.4 Å². The first-order valence-corrected chi connectivity index (χ1v) is 12.2. The minimum atomic E-state index is -4.46. The Morgan fingerprint density at radius 1 is 1.05 bits per heavy atom. The summed E-state index contributed by atoms with van der Waals surface area (Å²) >= 11 is 0. The zero-order chi connectivity index (χ0) is 26.5. The van der Waals surface area contributed by atoms with E-state index in [-0.39, 0.29) is 5.88 Å². The SMILES string of the molecule is O=C(Oc1ccc(Oc2ccc(C(F)(F)F)cn2)cc1)N1C=CC(N(Cc2cccnc2)CC2CC2)=CC1. The Hall–Kier alpha value is -4.34. The van der Waals surface area contributed by atoms with E-state index in [2.05, 4.69) is 20.9 Å². The van der Waals surface area contributed by atoms with Gasteiger partial charge in [-0.3, -0.25) is 9.88 Å². The number of pyridine rings is 2. The van der Waals surface area contributed by atoms with Crippen molar-refractivity contribution in [2.75, 3.05) is 13.1 Å². The Balaban J connectivity index is 1.15. The van der Waals surface area contributed by atoms with Crippen molar-refractivity contribution in [2.45, 2.75) is 25.6 Å². The fourth-order valence-electron chi connectivity index (χ4n) is 3.91. The highest BCUT2D eigenvalue weighted by molar-refractivity contribution is 5.72. The van der Waals surface area contributed by atoms with E-state index in [0.717, 1.165) is 36.5 Å². The molecule has 0 bridgehead atoms. The van der Waals surface area contributed by atoms with Crippen molar-refractivity contribution in [3.63, 3.8) is 0 Å². The Kier molecular flexibility index (Phi) is 7.30. The molecule has 10 heteroatoms. The predicted molar refractivity (Wildman–Crippen MR) is 133 cm³/mol. The summed E-state index contributed by atoms with van der Waals surface area (Å²) in [6, 6.07) is 12.2. The molecule has 0 N–H and O–H groups in total. The van der Waals surface area contributed by atoms with Gasteiger partial charge in [-0.15, -0.1) is 0 Å². The van der Waals surface area contributed by atoms with Crippen LogP contribution < -0.4 is 9.47 Å². The van der Waals surface area contributed by atoms with Gasteiger partial charge >= 0.3 is 12.3 Å². The van der Waals surface area contributed by atoms with Gasteiger partial charge in [-0.1, -0.05) is 6.07 Å². The monoisotopic (exact) mass is 522 g/mol. The van der Waals surface area contributed by atoms with Gasteiger partial charge in [0.2, 0.25) is 5.88 Å². The van der Waals surface area contributed by atoms with Gasteiger partial charge in [-0.05, 0) is 72.9 Å². The molecule has 0 atom stereocenters. The first kappa shape index (κ1) is 25.3. The molecule has 3 aromatic rings. The molecular formula is C28H25F3N4O3. The molecule has 0 saturated heterocycles. The third-order valence-electron chi connectivity index (χ3n) is 6.11. The number of amides is 1. The Morgan fingerprint density at radius 3 is 2.45 bits per heavy atom. The van der Waals surface area contributed by atoms with Crippen LogP contribution >= 0.6 is 0 Å². The van der Waals surface area contributed by atoms with Gasteiger partial charge in [0.25, 0.3) is 0 Å². The van der Waals surface area contributed by atoms with Crippen molar-refractivity contribution in [1.29, 1.82) is 0 Å². The highest BCUT2D eigenvalue weighted by atomic mass is 19.4. The number of carbonyl (C=O) groups excluding carboxylic acids is 1. The molecule has 0 radical (unpaired) electrons. The number of aromatic nitrogens is 2. The maximum absolute atomic E-state index is 12.7. The summed E-state index contributed by atoms with van der Waals surface area (Å²) in [6.45, 7) is 2.09. The summed E-state index contributed by atoms with van der Waals surface area (Å²) in [5.74, 6) is 1.36. The van der Waals surface area contributed by atoms with Crippen LogP contribution in [-0.4, -0.2) is 39.0 Å². The summed E-state index contributed by atoms with van der Waals surface area (Å²) < 4.78 is 49.0. The third kappa shape index (κ3) is 6.70. The Labute approximate surface area is 217 Å². The normalized spacial score (nSPS) is 15.1. The second-order valence-corrected chi connectivity index (χ2v) is 9.11. The van der Waals surface area contributed by atoms with Crippen molar-refractivity contribution in [1.82, 2.24) is 19.8 Å². The molecule has 1 aliphatic heterocycles. The van der Waals surface area contributed by atoms with E-state index >= 15 is 0 Å². The van der Waals surface area contributed by atoms with Crippen LogP contribution in [0.2, 0.25) is 0 Å². The number of ether oxygens (including phenoxy) is 2. The summed E-state index contributed by atoms with van der Waals surface area (Å²) in [5, 5.41) is 0. The average Bonchev–Trinajstić information content (AvgIpc) is 3.74. The fourth-order valence-corrected chi connectivity index (χ4v) is 3.91. The molecule has 0 unspecified atom stereocenters. The van der Waals surface area contributed by atoms with Gasteiger partial charge in [0.05, 0.1) is 5.56 Å². The highest BCUT2D eigenvalue weighted by Crippen LogP contribution is 2.32. The summed E-state index contributed by atoms with van der Waals surface area (Å²) in [7, 11) is 0. The summed E-state index contributed by atoms with van der Waals surface area (Å²) in [4.78, 5) is 24.4. The van der Waals surface area contributed by atoms with Gasteiger partial charge in [-0.2, -0.15) is 13.2 Å². The minimum Gasteiger partial charge on any atom is -0.439 e. The lowest BCUT2D eigenvalue weighted by Crippen LogP contribution is -2.33. The molecule has 38 heavy (non-hydrogen) atoms. The van der Waals surface area contributed by atoms with Gasteiger partial charge in [-0.25, -0.2) is 9.78 Å². The third-order valence-corrected chi connectivity index (χ3v) is 6.11. The fraction of sp³-hybridized carbons (Fsp3) is 0.250. The number of hydrogen-bond donors (Lipinski definition) is 0. The maximum atomic E-state index is 12.7. The molecule has 2 aliphatic rings. The molecule has 196 valence electrons. The number of allylic oxidation sites excluding steroid dienone is 1. The van der Waals surface area contributed by atoms with E-state index in [0.29, 0.717) is 30.2 Å². The molecule has 1 fully saturated rings. The van der Waals surface area contributed by atoms with E-state index in [1.165, 1.54) is 29.9 Å². The largest absolute Gasteiger partial charge is 0.439 e. The zero-order valence-corrected chi connectivity index (χ0v) is 20.3. The lowest BCUT2D eigenvalue weighted by molar-refractivity contribution is -0.137. The van der Waals surface area contributed by atoms with E-state index in [4.69, 9.17) is 9.47 Å². The number of benzene rings is 1. The molecule has 1 amide bonds. The first-order valence-electron chi connectivity index (χ1n) is 12.2. The quantitative estimate of drug-likeness (QED) is 0.341. The molecular weight excluding hydrogens is 497 g/mol. The van der Waals surface area contributed by atoms with E-state index in [9.17, 15) is 18.0 Å². The van der Waals surface area contributed by atoms with Crippen molar-refractivity contribution in [3.05, 3.63) is 102 Å².